The van der Waals surface area contributed by atoms with E-state index in [1.54, 1.807) is 0 Å². The number of rotatable bonds is 6. The lowest BCUT2D eigenvalue weighted by molar-refractivity contribution is -0.384. The minimum Gasteiger partial charge on any atom is -0.387 e. The number of benzene rings is 1. The molecule has 0 aliphatic carbocycles. The first-order chi connectivity index (χ1) is 9.94. The van der Waals surface area contributed by atoms with Crippen LogP contribution in [0.4, 0.5) is 11.4 Å². The third kappa shape index (κ3) is 3.57. The quantitative estimate of drug-likeness (QED) is 0.625. The van der Waals surface area contributed by atoms with Crippen LogP contribution in [0.5, 0.6) is 0 Å². The van der Waals surface area contributed by atoms with Crippen molar-refractivity contribution >= 4 is 32.7 Å². The number of nitrogens with one attached hydrogen (secondary N) is 2. The van der Waals surface area contributed by atoms with E-state index in [0.29, 0.717) is 0 Å². The Bertz CT molecular complexity index is 742. The average Bonchev–Trinajstić information content (AvgIpc) is 2.97. The maximum atomic E-state index is 12.3. The van der Waals surface area contributed by atoms with Gasteiger partial charge < -0.3 is 5.32 Å². The zero-order valence-corrected chi connectivity index (χ0v) is 12.7. The van der Waals surface area contributed by atoms with Gasteiger partial charge in [-0.3, -0.25) is 10.1 Å². The molecule has 2 rings (SSSR count). The molecule has 1 heterocycles. The molecule has 2 aromatic rings. The maximum absolute atomic E-state index is 12.3. The van der Waals surface area contributed by atoms with Gasteiger partial charge in [0.1, 0.15) is 4.90 Å². The minimum atomic E-state index is -3.75. The van der Waals surface area contributed by atoms with Crippen LogP contribution in [0.25, 0.3) is 0 Å². The molecule has 0 bridgehead atoms. The number of nitro groups is 1. The van der Waals surface area contributed by atoms with Crippen molar-refractivity contribution in [3.63, 3.8) is 0 Å². The Balaban J connectivity index is 2.28. The van der Waals surface area contributed by atoms with Crippen LogP contribution in [0.3, 0.4) is 0 Å². The molecule has 0 atom stereocenters. The smallest absolute Gasteiger partial charge is 0.271 e. The van der Waals surface area contributed by atoms with Crippen LogP contribution < -0.4 is 10.0 Å². The topological polar surface area (TPSA) is 101 Å². The van der Waals surface area contributed by atoms with E-state index in [1.165, 1.54) is 36.6 Å². The van der Waals surface area contributed by atoms with Crippen LogP contribution >= 0.6 is 11.3 Å². The third-order valence-corrected chi connectivity index (χ3v) is 4.97. The van der Waals surface area contributed by atoms with Gasteiger partial charge in [0.2, 0.25) is 10.0 Å². The summed E-state index contributed by atoms with van der Waals surface area (Å²) in [5.41, 5.74) is 0.870. The van der Waals surface area contributed by atoms with Crippen molar-refractivity contribution in [1.82, 2.24) is 4.72 Å². The lowest BCUT2D eigenvalue weighted by Gasteiger charge is -2.10. The molecule has 0 radical (unpaired) electrons. The molecule has 0 amide bonds. The molecule has 0 spiro atoms. The Morgan fingerprint density at radius 1 is 1.33 bits per heavy atom. The Morgan fingerprint density at radius 3 is 2.67 bits per heavy atom. The number of nitrogens with zero attached hydrogens (tertiary/aromatic N) is 1. The van der Waals surface area contributed by atoms with Gasteiger partial charge in [0.05, 0.1) is 10.6 Å². The average molecular weight is 327 g/mol. The third-order valence-electron chi connectivity index (χ3n) is 2.78. The van der Waals surface area contributed by atoms with E-state index >= 15 is 0 Å². The van der Waals surface area contributed by atoms with E-state index in [0.717, 1.165) is 5.56 Å². The molecule has 21 heavy (non-hydrogen) atoms. The fraction of sp³-hybridized carbons (Fsp3) is 0.167. The molecule has 0 aliphatic rings. The monoisotopic (exact) mass is 327 g/mol. The predicted molar refractivity (Wildman–Crippen MR) is 81.0 cm³/mol. The van der Waals surface area contributed by atoms with Gasteiger partial charge in [-0.2, -0.15) is 11.3 Å². The van der Waals surface area contributed by atoms with Gasteiger partial charge in [-0.25, -0.2) is 13.1 Å². The van der Waals surface area contributed by atoms with Crippen molar-refractivity contribution in [2.45, 2.75) is 11.4 Å². The summed E-state index contributed by atoms with van der Waals surface area (Å²) in [6.07, 6.45) is 0. The molecule has 0 fully saturated rings. The molecule has 7 nitrogen and oxygen atoms in total. The van der Waals surface area contributed by atoms with Crippen molar-refractivity contribution < 1.29 is 13.3 Å². The predicted octanol–water partition coefficient (Wildman–Crippen LogP) is 2.18. The van der Waals surface area contributed by atoms with E-state index in [2.05, 4.69) is 10.0 Å². The Labute approximate surface area is 125 Å². The molecule has 0 saturated heterocycles. The van der Waals surface area contributed by atoms with Crippen LogP contribution in [0.2, 0.25) is 0 Å². The Kier molecular flexibility index (Phi) is 4.56. The number of nitro benzene ring substituents is 1. The van der Waals surface area contributed by atoms with Gasteiger partial charge in [-0.1, -0.05) is 0 Å². The van der Waals surface area contributed by atoms with Crippen molar-refractivity contribution in [2.75, 3.05) is 12.4 Å². The van der Waals surface area contributed by atoms with Gasteiger partial charge in [-0.15, -0.1) is 0 Å². The number of hydrogen-bond donors (Lipinski definition) is 2. The van der Waals surface area contributed by atoms with E-state index in [4.69, 9.17) is 0 Å². The zero-order chi connectivity index (χ0) is 15.5. The molecule has 0 aliphatic heterocycles. The molecule has 1 aromatic carbocycles. The first-order valence-corrected chi connectivity index (χ1v) is 8.33. The fourth-order valence-electron chi connectivity index (χ4n) is 1.71. The summed E-state index contributed by atoms with van der Waals surface area (Å²) in [5.74, 6) is 0. The SMILES string of the molecule is CNc1cc([N+](=O)[O-])ccc1S(=O)(=O)NCc1ccsc1. The molecular weight excluding hydrogens is 314 g/mol. The molecule has 112 valence electrons. The minimum absolute atomic E-state index is 0.0224. The number of sulfonamides is 1. The van der Waals surface area contributed by atoms with Gasteiger partial charge >= 0.3 is 0 Å². The standard InChI is InChI=1S/C12H13N3O4S2/c1-13-11-6-10(15(16)17)2-3-12(11)21(18,19)14-7-9-4-5-20-8-9/h2-6,8,13-14H,7H2,1H3. The van der Waals surface area contributed by atoms with Gasteiger partial charge in [-0.05, 0) is 28.5 Å². The molecule has 0 unspecified atom stereocenters. The number of anilines is 1. The maximum Gasteiger partial charge on any atom is 0.271 e. The summed E-state index contributed by atoms with van der Waals surface area (Å²) in [6, 6.07) is 5.40. The normalized spacial score (nSPS) is 11.3. The van der Waals surface area contributed by atoms with Crippen LogP contribution in [0.1, 0.15) is 5.56 Å². The summed E-state index contributed by atoms with van der Waals surface area (Å²) in [6.45, 7) is 0.173. The van der Waals surface area contributed by atoms with E-state index < -0.39 is 14.9 Å². The largest absolute Gasteiger partial charge is 0.387 e. The lowest BCUT2D eigenvalue weighted by atomic mass is 10.3. The van der Waals surface area contributed by atoms with E-state index in [-0.39, 0.29) is 22.8 Å². The second kappa shape index (κ2) is 6.20. The summed E-state index contributed by atoms with van der Waals surface area (Å²) in [5, 5.41) is 17.1. The lowest BCUT2D eigenvalue weighted by Crippen LogP contribution is -2.23. The molecule has 2 N–H and O–H groups in total. The highest BCUT2D eigenvalue weighted by Gasteiger charge is 2.20. The fourth-order valence-corrected chi connectivity index (χ4v) is 3.59. The van der Waals surface area contributed by atoms with E-state index in [1.807, 2.05) is 16.8 Å². The van der Waals surface area contributed by atoms with Crippen molar-refractivity contribution in [2.24, 2.45) is 0 Å². The second-order valence-corrected chi connectivity index (χ2v) is 6.66. The van der Waals surface area contributed by atoms with Gasteiger partial charge in [0.15, 0.2) is 0 Å². The van der Waals surface area contributed by atoms with Crippen LogP contribution in [0.15, 0.2) is 39.9 Å². The molecule has 9 heteroatoms. The first kappa shape index (κ1) is 15.4. The van der Waals surface area contributed by atoms with E-state index in [9.17, 15) is 18.5 Å². The van der Waals surface area contributed by atoms with Gasteiger partial charge in [0.25, 0.3) is 5.69 Å². The Hall–Kier alpha value is -1.97. The van der Waals surface area contributed by atoms with Crippen molar-refractivity contribution in [3.05, 3.63) is 50.7 Å². The van der Waals surface area contributed by atoms with Gasteiger partial charge in [0, 0.05) is 25.7 Å². The first-order valence-electron chi connectivity index (χ1n) is 5.91. The molecule has 1 aromatic heterocycles. The Morgan fingerprint density at radius 2 is 2.10 bits per heavy atom. The summed E-state index contributed by atoms with van der Waals surface area (Å²) in [7, 11) is -2.24. The van der Waals surface area contributed by atoms with Crippen molar-refractivity contribution in [3.8, 4) is 0 Å². The zero-order valence-electron chi connectivity index (χ0n) is 11.1. The van der Waals surface area contributed by atoms with Crippen LogP contribution in [-0.4, -0.2) is 20.4 Å². The molecule has 0 saturated carbocycles. The van der Waals surface area contributed by atoms with Crippen LogP contribution in [-0.2, 0) is 16.6 Å². The number of thiophene rings is 1. The highest BCUT2D eigenvalue weighted by atomic mass is 32.2. The molecular formula is C12H13N3O4S2. The summed E-state index contributed by atoms with van der Waals surface area (Å²) in [4.78, 5) is 10.1. The highest BCUT2D eigenvalue weighted by Crippen LogP contribution is 2.26. The van der Waals surface area contributed by atoms with Crippen LogP contribution in [0, 0.1) is 10.1 Å². The highest BCUT2D eigenvalue weighted by molar-refractivity contribution is 7.89. The summed E-state index contributed by atoms with van der Waals surface area (Å²) < 4.78 is 27.0. The number of hydrogen-bond acceptors (Lipinski definition) is 6. The van der Waals surface area contributed by atoms with Crippen molar-refractivity contribution in [1.29, 1.82) is 0 Å². The second-order valence-electron chi connectivity index (χ2n) is 4.14. The summed E-state index contributed by atoms with van der Waals surface area (Å²) >= 11 is 1.48. The number of non-ortho nitro benzene ring substituents is 1.